The van der Waals surface area contributed by atoms with Crippen LogP contribution in [-0.2, 0) is 4.79 Å². The Labute approximate surface area is 101 Å². The van der Waals surface area contributed by atoms with Crippen LogP contribution >= 0.6 is 0 Å². The Morgan fingerprint density at radius 2 is 2.41 bits per heavy atom. The van der Waals surface area contributed by atoms with Gasteiger partial charge in [0.2, 0.25) is 5.91 Å². The van der Waals surface area contributed by atoms with Gasteiger partial charge in [0.05, 0.1) is 5.69 Å². The summed E-state index contributed by atoms with van der Waals surface area (Å²) in [5.74, 6) is -0.157. The fraction of sp³-hybridized carbons (Fsp3) is 0.385. The van der Waals surface area contributed by atoms with Crippen LogP contribution in [0, 0.1) is 0 Å². The number of hydrogen-bond acceptors (Lipinski definition) is 3. The molecule has 0 aromatic carbocycles. The lowest BCUT2D eigenvalue weighted by atomic mass is 10.1. The summed E-state index contributed by atoms with van der Waals surface area (Å²) in [6.07, 6.45) is 6.20. The van der Waals surface area contributed by atoms with Gasteiger partial charge in [-0.15, -0.1) is 0 Å². The van der Waals surface area contributed by atoms with E-state index in [9.17, 15) is 4.79 Å². The number of carbonyl (C=O) groups excluding carboxylic acids is 1. The van der Waals surface area contributed by atoms with E-state index in [1.165, 1.54) is 6.08 Å². The second-order valence-corrected chi connectivity index (χ2v) is 3.71. The number of nitrogens with one attached hydrogen (secondary N) is 1. The van der Waals surface area contributed by atoms with Gasteiger partial charge in [0, 0.05) is 24.9 Å². The molecule has 0 saturated carbocycles. The second kappa shape index (κ2) is 7.57. The first-order valence-corrected chi connectivity index (χ1v) is 5.76. The summed E-state index contributed by atoms with van der Waals surface area (Å²) in [6.45, 7) is 2.06. The molecule has 0 saturated heterocycles. The molecule has 0 aliphatic rings. The fourth-order valence-corrected chi connectivity index (χ4v) is 1.42. The van der Waals surface area contributed by atoms with Crippen molar-refractivity contribution in [3.8, 4) is 0 Å². The molecule has 0 aliphatic heterocycles. The van der Waals surface area contributed by atoms with Crippen molar-refractivity contribution in [1.82, 2.24) is 10.3 Å². The van der Waals surface area contributed by atoms with Crippen molar-refractivity contribution in [2.45, 2.75) is 25.8 Å². The molecular formula is C13H18N2O2. The number of nitrogens with zero attached hydrogens (tertiary/aromatic N) is 1. The van der Waals surface area contributed by atoms with Crippen LogP contribution in [0.4, 0.5) is 0 Å². The van der Waals surface area contributed by atoms with Crippen LogP contribution in [0.1, 0.15) is 25.5 Å². The molecule has 1 aromatic heterocycles. The van der Waals surface area contributed by atoms with E-state index in [1.807, 2.05) is 25.1 Å². The third-order valence-corrected chi connectivity index (χ3v) is 2.41. The van der Waals surface area contributed by atoms with Crippen molar-refractivity contribution in [3.63, 3.8) is 0 Å². The maximum absolute atomic E-state index is 11.6. The Balaban J connectivity index is 2.46. The number of hydrogen-bond donors (Lipinski definition) is 2. The van der Waals surface area contributed by atoms with Crippen molar-refractivity contribution in [2.75, 3.05) is 6.61 Å². The first kappa shape index (κ1) is 13.4. The number of pyridine rings is 1. The Morgan fingerprint density at radius 3 is 3.00 bits per heavy atom. The summed E-state index contributed by atoms with van der Waals surface area (Å²) in [4.78, 5) is 15.6. The highest BCUT2D eigenvalue weighted by atomic mass is 16.3. The monoisotopic (exact) mass is 234 g/mol. The molecule has 0 aliphatic carbocycles. The molecule has 4 nitrogen and oxygen atoms in total. The Hall–Kier alpha value is -1.68. The zero-order chi connectivity index (χ0) is 12.5. The molecule has 1 amide bonds. The molecule has 2 N–H and O–H groups in total. The minimum absolute atomic E-state index is 0.0286. The van der Waals surface area contributed by atoms with Crippen molar-refractivity contribution in [1.29, 1.82) is 0 Å². The van der Waals surface area contributed by atoms with Crippen LogP contribution in [0.5, 0.6) is 0 Å². The topological polar surface area (TPSA) is 62.2 Å². The lowest BCUT2D eigenvalue weighted by Gasteiger charge is -2.13. The van der Waals surface area contributed by atoms with Crippen LogP contribution in [0.25, 0.3) is 6.08 Å². The average molecular weight is 234 g/mol. The zero-order valence-electron chi connectivity index (χ0n) is 9.97. The van der Waals surface area contributed by atoms with Crippen LogP contribution in [-0.4, -0.2) is 28.6 Å². The molecule has 1 heterocycles. The average Bonchev–Trinajstić information content (AvgIpc) is 2.37. The van der Waals surface area contributed by atoms with Gasteiger partial charge in [-0.1, -0.05) is 13.0 Å². The predicted molar refractivity (Wildman–Crippen MR) is 67.2 cm³/mol. The Morgan fingerprint density at radius 1 is 1.59 bits per heavy atom. The SMILES string of the molecule is CCC(CCO)NC(=O)/C=C/c1ccccn1. The van der Waals surface area contributed by atoms with Crippen molar-refractivity contribution in [2.24, 2.45) is 0 Å². The predicted octanol–water partition coefficient (Wildman–Crippen LogP) is 1.37. The normalized spacial score (nSPS) is 12.6. The molecule has 1 unspecified atom stereocenters. The molecule has 1 aromatic rings. The Bertz CT molecular complexity index is 363. The highest BCUT2D eigenvalue weighted by Gasteiger charge is 2.06. The number of aliphatic hydroxyl groups excluding tert-OH is 1. The van der Waals surface area contributed by atoms with Crippen molar-refractivity contribution < 1.29 is 9.90 Å². The van der Waals surface area contributed by atoms with E-state index in [1.54, 1.807) is 12.3 Å². The summed E-state index contributed by atoms with van der Waals surface area (Å²) in [7, 11) is 0. The number of carbonyl (C=O) groups is 1. The zero-order valence-corrected chi connectivity index (χ0v) is 9.97. The van der Waals surface area contributed by atoms with E-state index in [4.69, 9.17) is 5.11 Å². The summed E-state index contributed by atoms with van der Waals surface area (Å²) in [5, 5.41) is 11.6. The highest BCUT2D eigenvalue weighted by Crippen LogP contribution is 1.99. The van der Waals surface area contributed by atoms with Crippen LogP contribution in [0.3, 0.4) is 0 Å². The van der Waals surface area contributed by atoms with E-state index in [-0.39, 0.29) is 18.6 Å². The van der Waals surface area contributed by atoms with Gasteiger partial charge < -0.3 is 10.4 Å². The van der Waals surface area contributed by atoms with Gasteiger partial charge in [-0.25, -0.2) is 0 Å². The largest absolute Gasteiger partial charge is 0.396 e. The summed E-state index contributed by atoms with van der Waals surface area (Å²) < 4.78 is 0. The van der Waals surface area contributed by atoms with E-state index >= 15 is 0 Å². The van der Waals surface area contributed by atoms with Crippen LogP contribution in [0.15, 0.2) is 30.5 Å². The molecule has 92 valence electrons. The number of rotatable bonds is 6. The van der Waals surface area contributed by atoms with E-state index in [2.05, 4.69) is 10.3 Å². The molecular weight excluding hydrogens is 216 g/mol. The van der Waals surface area contributed by atoms with Gasteiger partial charge in [0.1, 0.15) is 0 Å². The molecule has 0 fully saturated rings. The lowest BCUT2D eigenvalue weighted by Crippen LogP contribution is -2.33. The molecule has 4 heteroatoms. The standard InChI is InChI=1S/C13H18N2O2/c1-2-11(8-10-16)15-13(17)7-6-12-5-3-4-9-14-12/h3-7,9,11,16H,2,8,10H2,1H3,(H,15,17)/b7-6+. The van der Waals surface area contributed by atoms with Crippen molar-refractivity contribution >= 4 is 12.0 Å². The van der Waals surface area contributed by atoms with Crippen LogP contribution < -0.4 is 5.32 Å². The van der Waals surface area contributed by atoms with Gasteiger partial charge in [0.15, 0.2) is 0 Å². The second-order valence-electron chi connectivity index (χ2n) is 3.71. The van der Waals surface area contributed by atoms with Crippen LogP contribution in [0.2, 0.25) is 0 Å². The van der Waals surface area contributed by atoms with Gasteiger partial charge in [-0.05, 0) is 31.1 Å². The maximum Gasteiger partial charge on any atom is 0.244 e. The van der Waals surface area contributed by atoms with E-state index < -0.39 is 0 Å². The fourth-order valence-electron chi connectivity index (χ4n) is 1.42. The minimum atomic E-state index is -0.157. The van der Waals surface area contributed by atoms with Gasteiger partial charge in [-0.2, -0.15) is 0 Å². The molecule has 1 rings (SSSR count). The first-order chi connectivity index (χ1) is 8.26. The molecule has 1 atom stereocenters. The van der Waals surface area contributed by atoms with E-state index in [0.29, 0.717) is 6.42 Å². The molecule has 0 bridgehead atoms. The maximum atomic E-state index is 11.6. The number of amides is 1. The third-order valence-electron chi connectivity index (χ3n) is 2.41. The van der Waals surface area contributed by atoms with Gasteiger partial charge >= 0.3 is 0 Å². The third kappa shape index (κ3) is 5.26. The quantitative estimate of drug-likeness (QED) is 0.731. The van der Waals surface area contributed by atoms with E-state index in [0.717, 1.165) is 12.1 Å². The smallest absolute Gasteiger partial charge is 0.244 e. The Kier molecular flexibility index (Phi) is 5.96. The summed E-state index contributed by atoms with van der Waals surface area (Å²) >= 11 is 0. The number of aliphatic hydroxyl groups is 1. The lowest BCUT2D eigenvalue weighted by molar-refractivity contribution is -0.117. The summed E-state index contributed by atoms with van der Waals surface area (Å²) in [5.41, 5.74) is 0.748. The molecule has 0 radical (unpaired) electrons. The van der Waals surface area contributed by atoms with Gasteiger partial charge in [-0.3, -0.25) is 9.78 Å². The van der Waals surface area contributed by atoms with Crippen molar-refractivity contribution in [3.05, 3.63) is 36.2 Å². The highest BCUT2D eigenvalue weighted by molar-refractivity contribution is 5.91. The molecule has 0 spiro atoms. The van der Waals surface area contributed by atoms with Gasteiger partial charge in [0.25, 0.3) is 0 Å². The number of aromatic nitrogens is 1. The first-order valence-electron chi connectivity index (χ1n) is 5.76. The summed E-state index contributed by atoms with van der Waals surface area (Å²) in [6, 6.07) is 5.55. The molecule has 17 heavy (non-hydrogen) atoms. The minimum Gasteiger partial charge on any atom is -0.396 e.